The van der Waals surface area contributed by atoms with E-state index in [0.29, 0.717) is 138 Å². The number of hydrogen-bond donors (Lipinski definition) is 9. The number of hydrogen-bond acceptors (Lipinski definition) is 16. The van der Waals surface area contributed by atoms with E-state index in [9.17, 15) is 43.2 Å². The van der Waals surface area contributed by atoms with Gasteiger partial charge in [-0.2, -0.15) is 11.8 Å². The summed E-state index contributed by atoms with van der Waals surface area (Å²) in [7, 11) is 0. The summed E-state index contributed by atoms with van der Waals surface area (Å²) in [5.41, 5.74) is 30.5. The molecule has 14 N–H and O–H groups in total. The molecule has 9 amide bonds. The van der Waals surface area contributed by atoms with Gasteiger partial charge < -0.3 is 79.3 Å². The zero-order valence-electron chi connectivity index (χ0n) is 52.5. The molecule has 2 heterocycles. The first kappa shape index (κ1) is 73.7. The largest absolute Gasteiger partial charge is 0.368 e. The third-order valence-corrected chi connectivity index (χ3v) is 17.7. The lowest BCUT2D eigenvalue weighted by atomic mass is 10.0. The Morgan fingerprint density at radius 1 is 0.557 bits per heavy atom. The third-order valence-electron chi connectivity index (χ3n) is 16.2. The number of nitrogens with two attached hydrogens (primary N) is 5. The van der Waals surface area contributed by atoms with E-state index in [1.54, 1.807) is 26.0 Å². The van der Waals surface area contributed by atoms with Crippen LogP contribution in [0.5, 0.6) is 0 Å². The van der Waals surface area contributed by atoms with Crippen LogP contribution in [0.2, 0.25) is 0 Å². The fraction of sp³-hybridized carbons (Fsp3) is 0.635. The Kier molecular flexibility index (Phi) is 34.1. The molecule has 24 nitrogen and oxygen atoms in total. The molecule has 1 unspecified atom stereocenters. The van der Waals surface area contributed by atoms with E-state index in [1.807, 2.05) is 60.3 Å². The van der Waals surface area contributed by atoms with Crippen molar-refractivity contribution >= 4 is 64.9 Å². The summed E-state index contributed by atoms with van der Waals surface area (Å²) in [5.74, 6) is -2.52. The minimum Gasteiger partial charge on any atom is -0.368 e. The van der Waals surface area contributed by atoms with Crippen molar-refractivity contribution in [1.29, 1.82) is 0 Å². The summed E-state index contributed by atoms with van der Waals surface area (Å²) in [5, 5.41) is 13.0. The maximum absolute atomic E-state index is 15.0. The summed E-state index contributed by atoms with van der Waals surface area (Å²) >= 11 is 1.95. The minimum atomic E-state index is -1.07. The van der Waals surface area contributed by atoms with E-state index >= 15 is 0 Å². The van der Waals surface area contributed by atoms with Crippen molar-refractivity contribution in [3.05, 3.63) is 84.2 Å². The van der Waals surface area contributed by atoms with Crippen molar-refractivity contribution in [3.8, 4) is 0 Å². The highest BCUT2D eigenvalue weighted by atomic mass is 32.2. The summed E-state index contributed by atoms with van der Waals surface area (Å²) < 4.78 is 0. The summed E-state index contributed by atoms with van der Waals surface area (Å²) in [4.78, 5) is 134. The highest BCUT2D eigenvalue weighted by Crippen LogP contribution is 2.34. The van der Waals surface area contributed by atoms with Gasteiger partial charge in [-0.3, -0.25) is 43.2 Å². The Morgan fingerprint density at radius 3 is 1.49 bits per heavy atom. The Labute approximate surface area is 525 Å². The average molecular weight is 1250 g/mol. The summed E-state index contributed by atoms with van der Waals surface area (Å²) in [6.45, 7) is 8.85. The van der Waals surface area contributed by atoms with Gasteiger partial charge in [0.1, 0.15) is 19.1 Å². The molecule has 490 valence electrons. The summed E-state index contributed by atoms with van der Waals surface area (Å²) in [6, 6.07) is 16.4. The van der Waals surface area contributed by atoms with E-state index < -0.39 is 85.7 Å². The molecule has 2 aromatic carbocycles. The van der Waals surface area contributed by atoms with Crippen LogP contribution in [0.25, 0.3) is 0 Å². The number of amides is 9. The van der Waals surface area contributed by atoms with Crippen molar-refractivity contribution in [3.63, 3.8) is 0 Å². The maximum Gasteiger partial charge on any atom is 0.243 e. The minimum absolute atomic E-state index is 0.0460. The number of carbonyl (C=O) groups is 9. The number of fused-ring (bicyclic) bond motifs is 1. The Balaban J connectivity index is 1.50. The van der Waals surface area contributed by atoms with Crippen LogP contribution in [0.15, 0.2) is 73.1 Å². The van der Waals surface area contributed by atoms with Crippen LogP contribution in [0.3, 0.4) is 0 Å². The molecule has 2 aliphatic heterocycles. The molecule has 0 radical (unpaired) electrons. The summed E-state index contributed by atoms with van der Waals surface area (Å²) in [6.07, 6.45) is 8.56. The molecule has 0 saturated carbocycles. The fourth-order valence-electron chi connectivity index (χ4n) is 10.8. The van der Waals surface area contributed by atoms with Gasteiger partial charge in [0.05, 0.1) is 56.2 Å². The number of carbonyl (C=O) groups excluding carboxylic acids is 9. The van der Waals surface area contributed by atoms with Crippen molar-refractivity contribution in [1.82, 2.24) is 50.7 Å². The SMILES string of the molecule is C=C1N[C@H]2CSC(CCCCC(=O)NCCCC[C@H](NC(=O)CN(C(=O)CN(CCCCN)C(=O)CN(C(=O)CN(CCCCN)C(=O)CN(CCCCN)C(=O)CN(CCCCN)C(C)=O)[C@@H](C)c3ccccc3)[C@@H](C)c3ccccc3)C(N)=O)[C@H]2N1. The lowest BCUT2D eigenvalue weighted by Gasteiger charge is -2.35. The molecular weight excluding hydrogens is 1140 g/mol. The van der Waals surface area contributed by atoms with Crippen molar-refractivity contribution < 1.29 is 43.2 Å². The molecule has 25 heteroatoms. The predicted molar refractivity (Wildman–Crippen MR) is 344 cm³/mol. The van der Waals surface area contributed by atoms with Crippen LogP contribution in [-0.2, 0) is 43.2 Å². The first-order chi connectivity index (χ1) is 42.3. The molecule has 2 fully saturated rings. The van der Waals surface area contributed by atoms with Gasteiger partial charge >= 0.3 is 0 Å². The first-order valence-corrected chi connectivity index (χ1v) is 32.6. The molecule has 2 aliphatic rings. The number of benzene rings is 2. The lowest BCUT2D eigenvalue weighted by molar-refractivity contribution is -0.149. The molecule has 4 rings (SSSR count). The van der Waals surface area contributed by atoms with Gasteiger partial charge in [0.25, 0.3) is 0 Å². The molecule has 2 saturated heterocycles. The third kappa shape index (κ3) is 25.7. The van der Waals surface area contributed by atoms with Crippen LogP contribution in [-0.4, -0.2) is 210 Å². The van der Waals surface area contributed by atoms with Crippen LogP contribution in [0, 0.1) is 0 Å². The number of nitrogens with one attached hydrogen (secondary N) is 4. The molecule has 0 spiro atoms. The van der Waals surface area contributed by atoms with Gasteiger partial charge in [0.2, 0.25) is 53.2 Å². The van der Waals surface area contributed by atoms with Gasteiger partial charge in [-0.15, -0.1) is 0 Å². The normalized spacial score (nSPS) is 16.0. The average Bonchev–Trinajstić information content (AvgIpc) is 3.26. The topological polar surface area (TPSA) is 351 Å². The van der Waals surface area contributed by atoms with E-state index in [4.69, 9.17) is 28.7 Å². The van der Waals surface area contributed by atoms with Gasteiger partial charge in [-0.25, -0.2) is 0 Å². The van der Waals surface area contributed by atoms with Crippen LogP contribution < -0.4 is 49.9 Å². The highest BCUT2D eigenvalue weighted by molar-refractivity contribution is 8.00. The maximum atomic E-state index is 15.0. The van der Waals surface area contributed by atoms with E-state index in [2.05, 4.69) is 27.8 Å². The number of thioether (sulfide) groups is 1. The number of rotatable bonds is 44. The highest BCUT2D eigenvalue weighted by Gasteiger charge is 2.41. The zero-order valence-corrected chi connectivity index (χ0v) is 53.3. The molecule has 0 aliphatic carbocycles. The Bertz CT molecular complexity index is 2520. The van der Waals surface area contributed by atoms with Crippen LogP contribution in [0.1, 0.15) is 140 Å². The quantitative estimate of drug-likeness (QED) is 0.0427. The standard InChI is InChI=1S/C63H103N15O9S/c1-46(50-23-7-5-8-24-50)77(39-56(81)72-52(63(68)87)27-13-18-34-69-55(80)29-12-11-28-54-62-53(45-88-54)70-48(3)71-62)60(85)42-76(38-22-17-33-67)59(84)44-78(47(2)51-25-9-6-10-26-51)61(86)43-75(37-21-16-32-66)58(83)41-74(36-20-15-31-65)57(82)40-73(49(4)79)35-19-14-30-64/h5-10,23-26,46-47,52-54,62,70-71H,3,11-22,27-45,64-67H2,1-2,4H3,(H2,68,87)(H,69,80)(H,72,81)/t46-,47-,52-,53-,54?,62-/m0/s1. The number of nitrogens with zero attached hydrogens (tertiary/aromatic N) is 6. The lowest BCUT2D eigenvalue weighted by Crippen LogP contribution is -2.53. The van der Waals surface area contributed by atoms with Crippen molar-refractivity contribution in [2.24, 2.45) is 28.7 Å². The van der Waals surface area contributed by atoms with Crippen molar-refractivity contribution in [2.45, 2.75) is 153 Å². The first-order valence-electron chi connectivity index (χ1n) is 31.6. The van der Waals surface area contributed by atoms with Gasteiger partial charge in [-0.1, -0.05) is 73.7 Å². The Morgan fingerprint density at radius 2 is 1.01 bits per heavy atom. The van der Waals surface area contributed by atoms with E-state index in [-0.39, 0.29) is 51.0 Å². The molecule has 88 heavy (non-hydrogen) atoms. The molecule has 0 bridgehead atoms. The molecule has 2 aromatic rings. The molecule has 0 aromatic heterocycles. The zero-order chi connectivity index (χ0) is 64.4. The smallest absolute Gasteiger partial charge is 0.243 e. The second kappa shape index (κ2) is 40.7. The second-order valence-corrected chi connectivity index (χ2v) is 24.2. The fourth-order valence-corrected chi connectivity index (χ4v) is 12.4. The number of primary amides is 1. The number of unbranched alkanes of at least 4 members (excludes halogenated alkanes) is 6. The second-order valence-electron chi connectivity index (χ2n) is 23.0. The van der Waals surface area contributed by atoms with Gasteiger partial charge in [0, 0.05) is 57.1 Å². The van der Waals surface area contributed by atoms with Crippen LogP contribution in [0.4, 0.5) is 0 Å². The monoisotopic (exact) mass is 1250 g/mol. The Hall–Kier alpha value is -6.80. The van der Waals surface area contributed by atoms with E-state index in [0.717, 1.165) is 30.8 Å². The van der Waals surface area contributed by atoms with Gasteiger partial charge in [0.15, 0.2) is 0 Å². The van der Waals surface area contributed by atoms with Crippen LogP contribution >= 0.6 is 11.8 Å². The molecule has 6 atom stereocenters. The van der Waals surface area contributed by atoms with Crippen molar-refractivity contribution in [2.75, 3.05) is 104 Å². The van der Waals surface area contributed by atoms with E-state index in [1.165, 1.54) is 36.3 Å². The molecular formula is C63H103N15O9S. The predicted octanol–water partition coefficient (Wildman–Crippen LogP) is 1.79. The van der Waals surface area contributed by atoms with Gasteiger partial charge in [-0.05, 0) is 135 Å².